The molecule has 1 saturated heterocycles. The summed E-state index contributed by atoms with van der Waals surface area (Å²) < 4.78 is 37.2. The predicted octanol–water partition coefficient (Wildman–Crippen LogP) is 5.87. The van der Waals surface area contributed by atoms with Crippen LogP contribution in [0.5, 0.6) is 23.0 Å². The van der Waals surface area contributed by atoms with Crippen LogP contribution in [0.15, 0.2) is 60.2 Å². The van der Waals surface area contributed by atoms with Crippen molar-refractivity contribution in [2.75, 3.05) is 24.7 Å². The number of rotatable bonds is 11. The molecule has 0 unspecified atom stereocenters. The van der Waals surface area contributed by atoms with E-state index in [-0.39, 0.29) is 29.4 Å². The lowest BCUT2D eigenvalue weighted by molar-refractivity contribution is -0.122. The molecular weight excluding hydrogens is 646 g/mol. The number of nitrogens with one attached hydrogen (secondary N) is 1. The van der Waals surface area contributed by atoms with Crippen LogP contribution in [0.25, 0.3) is 6.08 Å². The van der Waals surface area contributed by atoms with Crippen molar-refractivity contribution < 1.29 is 37.7 Å². The smallest absolute Gasteiger partial charge is 0.336 e. The largest absolute Gasteiger partial charge is 0.494 e. The average Bonchev–Trinajstić information content (AvgIpc) is 2.92. The van der Waals surface area contributed by atoms with Crippen LogP contribution in [-0.4, -0.2) is 37.7 Å². The van der Waals surface area contributed by atoms with Gasteiger partial charge in [0, 0.05) is 6.07 Å². The molecule has 3 aromatic carbocycles. The first kappa shape index (κ1) is 29.8. The molecule has 1 N–H and O–H groups in total. The van der Waals surface area contributed by atoms with Crippen LogP contribution < -0.4 is 29.2 Å². The Bertz CT molecular complexity index is 1510. The lowest BCUT2D eigenvalue weighted by atomic mass is 10.1. The number of hydrogen-bond acceptors (Lipinski definition) is 7. The molecule has 1 fully saturated rings. The Labute approximate surface area is 250 Å². The Morgan fingerprint density at radius 1 is 0.878 bits per heavy atom. The number of imide groups is 2. The van der Waals surface area contributed by atoms with Gasteiger partial charge in [0.1, 0.15) is 29.5 Å². The highest BCUT2D eigenvalue weighted by Gasteiger charge is 2.38. The zero-order chi connectivity index (χ0) is 29.5. The summed E-state index contributed by atoms with van der Waals surface area (Å²) in [5.41, 5.74) is 0.991. The molecule has 1 aliphatic rings. The maximum absolute atomic E-state index is 13.6. The number of anilines is 1. The van der Waals surface area contributed by atoms with E-state index in [1.807, 2.05) is 13.8 Å². The molecule has 0 saturated carbocycles. The Kier molecular flexibility index (Phi) is 9.82. The van der Waals surface area contributed by atoms with Crippen LogP contribution in [0.2, 0.25) is 0 Å². The number of halogens is 2. The van der Waals surface area contributed by atoms with Crippen LogP contribution in [-0.2, 0) is 16.2 Å². The number of urea groups is 1. The summed E-state index contributed by atoms with van der Waals surface area (Å²) in [6.45, 7) is 6.49. The van der Waals surface area contributed by atoms with E-state index in [1.54, 1.807) is 43.3 Å². The van der Waals surface area contributed by atoms with E-state index in [9.17, 15) is 18.8 Å². The number of amides is 4. The topological polar surface area (TPSA) is 103 Å². The molecule has 0 atom stereocenters. The second kappa shape index (κ2) is 13.5. The minimum Gasteiger partial charge on any atom is -0.494 e. The van der Waals surface area contributed by atoms with Crippen LogP contribution in [0.1, 0.15) is 31.9 Å². The van der Waals surface area contributed by atoms with Crippen molar-refractivity contribution in [2.24, 2.45) is 0 Å². The van der Waals surface area contributed by atoms with E-state index in [4.69, 9.17) is 18.9 Å². The number of benzene rings is 3. The maximum Gasteiger partial charge on any atom is 0.336 e. The summed E-state index contributed by atoms with van der Waals surface area (Å²) in [4.78, 5) is 40.2. The number of hydrogen-bond donors (Lipinski definition) is 1. The van der Waals surface area contributed by atoms with Crippen LogP contribution in [0.4, 0.5) is 14.9 Å². The number of barbiturate groups is 1. The van der Waals surface area contributed by atoms with Gasteiger partial charge < -0.3 is 18.9 Å². The van der Waals surface area contributed by atoms with E-state index >= 15 is 0 Å². The first-order chi connectivity index (χ1) is 19.7. The van der Waals surface area contributed by atoms with Gasteiger partial charge in [-0.05, 0) is 97.0 Å². The van der Waals surface area contributed by atoms with Crippen LogP contribution >= 0.6 is 22.6 Å². The van der Waals surface area contributed by atoms with Gasteiger partial charge >= 0.3 is 6.03 Å². The highest BCUT2D eigenvalue weighted by Crippen LogP contribution is 2.37. The summed E-state index contributed by atoms with van der Waals surface area (Å²) in [5, 5.41) is 2.23. The second-order valence-corrected chi connectivity index (χ2v) is 9.80. The zero-order valence-corrected chi connectivity index (χ0v) is 24.8. The summed E-state index contributed by atoms with van der Waals surface area (Å²) in [7, 11) is 0. The quantitative estimate of drug-likeness (QED) is 0.154. The van der Waals surface area contributed by atoms with Gasteiger partial charge in [0.15, 0.2) is 11.5 Å². The summed E-state index contributed by atoms with van der Waals surface area (Å²) in [6.07, 6.45) is 1.38. The molecule has 0 spiro atoms. The van der Waals surface area contributed by atoms with Crippen molar-refractivity contribution in [2.45, 2.75) is 27.4 Å². The van der Waals surface area contributed by atoms with Gasteiger partial charge in [-0.3, -0.25) is 14.9 Å². The third-order valence-electron chi connectivity index (χ3n) is 5.80. The van der Waals surface area contributed by atoms with Gasteiger partial charge in [0.2, 0.25) is 0 Å². The molecule has 0 aromatic heterocycles. The van der Waals surface area contributed by atoms with E-state index in [0.29, 0.717) is 51.8 Å². The minimum absolute atomic E-state index is 0.106. The lowest BCUT2D eigenvalue weighted by Crippen LogP contribution is -2.54. The normalized spacial score (nSPS) is 14.2. The van der Waals surface area contributed by atoms with Crippen molar-refractivity contribution in [1.82, 2.24) is 5.32 Å². The highest BCUT2D eigenvalue weighted by atomic mass is 127. The predicted molar refractivity (Wildman–Crippen MR) is 159 cm³/mol. The molecule has 4 rings (SSSR count). The Balaban J connectivity index is 1.70. The maximum atomic E-state index is 13.6. The first-order valence-electron chi connectivity index (χ1n) is 12.9. The molecular formula is C30H28FIN2O7. The third kappa shape index (κ3) is 6.96. The second-order valence-electron chi connectivity index (χ2n) is 8.64. The summed E-state index contributed by atoms with van der Waals surface area (Å²) >= 11 is 2.06. The number of carbonyl (C=O) groups excluding carboxylic acids is 3. The Hall–Kier alpha value is -4.13. The molecule has 0 radical (unpaired) electrons. The van der Waals surface area contributed by atoms with Crippen LogP contribution in [0.3, 0.4) is 0 Å². The molecule has 41 heavy (non-hydrogen) atoms. The van der Waals surface area contributed by atoms with Gasteiger partial charge in [-0.2, -0.15) is 0 Å². The molecule has 214 valence electrons. The number of nitrogens with zero attached hydrogens (tertiary/aromatic N) is 1. The molecule has 0 bridgehead atoms. The first-order valence-corrected chi connectivity index (χ1v) is 14.0. The molecule has 0 aliphatic carbocycles. The SMILES string of the molecule is CCOc1ccc(OCC)c(N2C(=O)NC(=O)/C(=C\c3cc(I)c(OCc4cccc(F)c4)c(OCC)c3)C2=O)c1. The Morgan fingerprint density at radius 2 is 1.61 bits per heavy atom. The van der Waals surface area contributed by atoms with Crippen molar-refractivity contribution in [3.8, 4) is 23.0 Å². The van der Waals surface area contributed by atoms with Gasteiger partial charge in [-0.25, -0.2) is 14.1 Å². The van der Waals surface area contributed by atoms with Crippen molar-refractivity contribution in [3.63, 3.8) is 0 Å². The molecule has 3 aromatic rings. The average molecular weight is 674 g/mol. The fourth-order valence-corrected chi connectivity index (χ4v) is 4.89. The van der Waals surface area contributed by atoms with Gasteiger partial charge in [-0.1, -0.05) is 12.1 Å². The summed E-state index contributed by atoms with van der Waals surface area (Å²) in [6, 6.07) is 13.3. The summed E-state index contributed by atoms with van der Waals surface area (Å²) in [5.74, 6) is -0.512. The fourth-order valence-electron chi connectivity index (χ4n) is 4.11. The molecule has 4 amide bonds. The van der Waals surface area contributed by atoms with Gasteiger partial charge in [0.05, 0.1) is 29.1 Å². The van der Waals surface area contributed by atoms with E-state index in [2.05, 4.69) is 27.9 Å². The van der Waals surface area contributed by atoms with Crippen molar-refractivity contribution in [1.29, 1.82) is 0 Å². The third-order valence-corrected chi connectivity index (χ3v) is 6.60. The molecule has 9 nitrogen and oxygen atoms in total. The fraction of sp³-hybridized carbons (Fsp3) is 0.233. The van der Waals surface area contributed by atoms with Crippen molar-refractivity contribution in [3.05, 3.63) is 80.7 Å². The monoisotopic (exact) mass is 674 g/mol. The number of ether oxygens (including phenoxy) is 4. The number of carbonyl (C=O) groups is 3. The van der Waals surface area contributed by atoms with E-state index in [1.165, 1.54) is 24.3 Å². The lowest BCUT2D eigenvalue weighted by Gasteiger charge is -2.28. The van der Waals surface area contributed by atoms with E-state index < -0.39 is 17.8 Å². The zero-order valence-electron chi connectivity index (χ0n) is 22.7. The molecule has 1 heterocycles. The molecule has 11 heteroatoms. The van der Waals surface area contributed by atoms with Crippen LogP contribution in [0, 0.1) is 9.39 Å². The Morgan fingerprint density at radius 3 is 2.32 bits per heavy atom. The highest BCUT2D eigenvalue weighted by molar-refractivity contribution is 14.1. The standard InChI is InChI=1S/C30H28FIN2O7/c1-4-38-21-10-11-25(39-5-2)24(16-21)34-29(36)22(28(35)33-30(34)37)13-19-14-23(32)27(26(15-19)40-6-3)41-17-18-8-7-9-20(31)12-18/h7-16H,4-6,17H2,1-3H3,(H,33,35,37)/b22-13+. The van der Waals surface area contributed by atoms with E-state index in [0.717, 1.165) is 4.90 Å². The van der Waals surface area contributed by atoms with Crippen molar-refractivity contribution >= 4 is 52.2 Å². The van der Waals surface area contributed by atoms with Gasteiger partial charge in [0.25, 0.3) is 11.8 Å². The van der Waals surface area contributed by atoms with Gasteiger partial charge in [-0.15, -0.1) is 0 Å². The molecule has 1 aliphatic heterocycles. The minimum atomic E-state index is -0.905.